The highest BCUT2D eigenvalue weighted by molar-refractivity contribution is 7.87. The van der Waals surface area contributed by atoms with Crippen LogP contribution in [0.5, 0.6) is 5.75 Å². The summed E-state index contributed by atoms with van der Waals surface area (Å²) in [5.74, 6) is 0.330. The molecular formula is C24H16O3S. The minimum Gasteiger partial charge on any atom is -0.378 e. The van der Waals surface area contributed by atoms with Crippen molar-refractivity contribution in [2.75, 3.05) is 0 Å². The van der Waals surface area contributed by atoms with Crippen LogP contribution < -0.4 is 4.18 Å². The quantitative estimate of drug-likeness (QED) is 0.287. The fourth-order valence-corrected chi connectivity index (χ4v) is 4.75. The van der Waals surface area contributed by atoms with Gasteiger partial charge in [-0.3, -0.25) is 0 Å². The normalized spacial score (nSPS) is 11.9. The van der Waals surface area contributed by atoms with Crippen LogP contribution in [-0.2, 0) is 10.1 Å². The van der Waals surface area contributed by atoms with E-state index in [1.54, 1.807) is 24.3 Å². The van der Waals surface area contributed by atoms with Crippen molar-refractivity contribution in [2.24, 2.45) is 0 Å². The lowest BCUT2D eigenvalue weighted by Crippen LogP contribution is -2.10. The van der Waals surface area contributed by atoms with Gasteiger partial charge >= 0.3 is 10.1 Å². The van der Waals surface area contributed by atoms with Crippen molar-refractivity contribution in [3.8, 4) is 5.75 Å². The number of hydrogen-bond donors (Lipinski definition) is 0. The Bertz CT molecular complexity index is 1450. The molecule has 0 radical (unpaired) electrons. The van der Waals surface area contributed by atoms with Crippen molar-refractivity contribution in [2.45, 2.75) is 4.90 Å². The van der Waals surface area contributed by atoms with Gasteiger partial charge in [-0.05, 0) is 45.8 Å². The van der Waals surface area contributed by atoms with Gasteiger partial charge in [-0.15, -0.1) is 0 Å². The molecule has 0 amide bonds. The van der Waals surface area contributed by atoms with Crippen LogP contribution in [0.2, 0.25) is 0 Å². The predicted octanol–water partition coefficient (Wildman–Crippen LogP) is 5.91. The molecule has 28 heavy (non-hydrogen) atoms. The lowest BCUT2D eigenvalue weighted by atomic mass is 10.0. The Hall–Kier alpha value is -3.37. The lowest BCUT2D eigenvalue weighted by molar-refractivity contribution is 0.489. The molecule has 136 valence electrons. The van der Waals surface area contributed by atoms with Gasteiger partial charge in [-0.2, -0.15) is 8.42 Å². The van der Waals surface area contributed by atoms with Gasteiger partial charge in [-0.1, -0.05) is 72.8 Å². The van der Waals surface area contributed by atoms with Crippen LogP contribution in [0.25, 0.3) is 32.3 Å². The minimum atomic E-state index is -4.00. The molecule has 0 fully saturated rings. The molecule has 0 N–H and O–H groups in total. The third kappa shape index (κ3) is 2.79. The van der Waals surface area contributed by atoms with Crippen LogP contribution in [0.3, 0.4) is 0 Å². The van der Waals surface area contributed by atoms with Crippen molar-refractivity contribution >= 4 is 42.4 Å². The highest BCUT2D eigenvalue weighted by Gasteiger charge is 2.21. The molecule has 5 rings (SSSR count). The fourth-order valence-electron chi connectivity index (χ4n) is 3.59. The molecule has 5 aromatic carbocycles. The van der Waals surface area contributed by atoms with E-state index in [9.17, 15) is 8.42 Å². The lowest BCUT2D eigenvalue weighted by Gasteiger charge is -2.12. The Kier molecular flexibility index (Phi) is 3.81. The monoisotopic (exact) mass is 384 g/mol. The van der Waals surface area contributed by atoms with Crippen LogP contribution in [0.1, 0.15) is 0 Å². The summed E-state index contributed by atoms with van der Waals surface area (Å²) in [5, 5.41) is 5.27. The minimum absolute atomic E-state index is 0.170. The van der Waals surface area contributed by atoms with Gasteiger partial charge in [0.2, 0.25) is 0 Å². The molecule has 0 saturated carbocycles. The topological polar surface area (TPSA) is 43.4 Å². The second kappa shape index (κ2) is 6.36. The zero-order chi connectivity index (χ0) is 19.1. The molecule has 0 aliphatic heterocycles. The molecule has 0 spiro atoms. The van der Waals surface area contributed by atoms with Crippen molar-refractivity contribution in [3.63, 3.8) is 0 Å². The third-order valence-corrected chi connectivity index (χ3v) is 6.22. The van der Waals surface area contributed by atoms with Crippen LogP contribution >= 0.6 is 0 Å². The Labute approximate surface area is 162 Å². The van der Waals surface area contributed by atoms with Gasteiger partial charge in [0.1, 0.15) is 4.90 Å². The first-order chi connectivity index (χ1) is 13.6. The van der Waals surface area contributed by atoms with Crippen molar-refractivity contribution in [1.82, 2.24) is 0 Å². The molecule has 0 atom stereocenters. The van der Waals surface area contributed by atoms with Gasteiger partial charge in [-0.25, -0.2) is 0 Å². The number of fused-ring (bicyclic) bond motifs is 3. The summed E-state index contributed by atoms with van der Waals surface area (Å²) in [5.41, 5.74) is 0. The van der Waals surface area contributed by atoms with E-state index in [1.165, 1.54) is 0 Å². The molecule has 5 aromatic rings. The van der Waals surface area contributed by atoms with E-state index >= 15 is 0 Å². The van der Waals surface area contributed by atoms with Gasteiger partial charge in [0.25, 0.3) is 0 Å². The maximum Gasteiger partial charge on any atom is 0.339 e. The van der Waals surface area contributed by atoms with E-state index in [0.29, 0.717) is 11.1 Å². The van der Waals surface area contributed by atoms with E-state index in [4.69, 9.17) is 4.18 Å². The van der Waals surface area contributed by atoms with Gasteiger partial charge in [0, 0.05) is 10.8 Å². The van der Waals surface area contributed by atoms with Gasteiger partial charge in [0.05, 0.1) is 0 Å². The van der Waals surface area contributed by atoms with Gasteiger partial charge < -0.3 is 4.18 Å². The molecule has 0 aliphatic carbocycles. The zero-order valence-corrected chi connectivity index (χ0v) is 15.7. The molecule has 0 unspecified atom stereocenters. The molecule has 0 bridgehead atoms. The maximum absolute atomic E-state index is 13.2. The standard InChI is InChI=1S/C24H16O3S/c25-28(26,27-23-13-5-10-17-7-3-4-12-21(17)23)24-14-6-11-20-15-18-8-1-2-9-19(18)16-22(20)24/h1-16H. The SMILES string of the molecule is O=S(=O)(Oc1cccc2ccccc12)c1cccc2cc3ccccc3cc12. The summed E-state index contributed by atoms with van der Waals surface area (Å²) in [6, 6.07) is 30.0. The summed E-state index contributed by atoms with van der Waals surface area (Å²) in [6.07, 6.45) is 0. The smallest absolute Gasteiger partial charge is 0.339 e. The highest BCUT2D eigenvalue weighted by Crippen LogP contribution is 2.32. The van der Waals surface area contributed by atoms with E-state index in [0.717, 1.165) is 26.9 Å². The first-order valence-electron chi connectivity index (χ1n) is 8.96. The van der Waals surface area contributed by atoms with E-state index < -0.39 is 10.1 Å². The second-order valence-electron chi connectivity index (χ2n) is 6.69. The van der Waals surface area contributed by atoms with Crippen LogP contribution in [0.4, 0.5) is 0 Å². The predicted molar refractivity (Wildman–Crippen MR) is 113 cm³/mol. The Morgan fingerprint density at radius 2 is 1.14 bits per heavy atom. The Balaban J connectivity index is 1.69. The molecule has 0 saturated heterocycles. The maximum atomic E-state index is 13.2. The Morgan fingerprint density at radius 1 is 0.536 bits per heavy atom. The largest absolute Gasteiger partial charge is 0.378 e. The van der Waals surface area contributed by atoms with E-state index in [2.05, 4.69) is 0 Å². The average Bonchev–Trinajstić information content (AvgIpc) is 2.72. The van der Waals surface area contributed by atoms with Gasteiger partial charge in [0.15, 0.2) is 5.75 Å². The van der Waals surface area contributed by atoms with Crippen molar-refractivity contribution < 1.29 is 12.6 Å². The fraction of sp³-hybridized carbons (Fsp3) is 0. The molecule has 3 nitrogen and oxygen atoms in total. The number of benzene rings is 5. The number of rotatable bonds is 3. The highest BCUT2D eigenvalue weighted by atomic mass is 32.2. The van der Waals surface area contributed by atoms with E-state index in [1.807, 2.05) is 72.8 Å². The van der Waals surface area contributed by atoms with Crippen LogP contribution in [0, 0.1) is 0 Å². The summed E-state index contributed by atoms with van der Waals surface area (Å²) < 4.78 is 31.9. The number of hydrogen-bond acceptors (Lipinski definition) is 3. The van der Waals surface area contributed by atoms with Crippen LogP contribution in [0.15, 0.2) is 102 Å². The Morgan fingerprint density at radius 3 is 1.96 bits per heavy atom. The molecule has 0 heterocycles. The first kappa shape index (κ1) is 16.8. The third-order valence-electron chi connectivity index (χ3n) is 4.93. The summed E-state index contributed by atoms with van der Waals surface area (Å²) in [4.78, 5) is 0.170. The van der Waals surface area contributed by atoms with E-state index in [-0.39, 0.29) is 4.90 Å². The second-order valence-corrected chi connectivity index (χ2v) is 8.21. The average molecular weight is 384 g/mol. The summed E-state index contributed by atoms with van der Waals surface area (Å²) >= 11 is 0. The van der Waals surface area contributed by atoms with Crippen LogP contribution in [-0.4, -0.2) is 8.42 Å². The molecule has 4 heteroatoms. The summed E-state index contributed by atoms with van der Waals surface area (Å²) in [6.45, 7) is 0. The van der Waals surface area contributed by atoms with Crippen molar-refractivity contribution in [3.05, 3.63) is 97.1 Å². The van der Waals surface area contributed by atoms with Crippen molar-refractivity contribution in [1.29, 1.82) is 0 Å². The molecule has 0 aliphatic rings. The summed E-state index contributed by atoms with van der Waals surface area (Å²) in [7, 11) is -4.00. The first-order valence-corrected chi connectivity index (χ1v) is 10.4. The molecule has 0 aromatic heterocycles. The zero-order valence-electron chi connectivity index (χ0n) is 14.9. The molecular weight excluding hydrogens is 368 g/mol.